The number of rotatable bonds is 1. The fourth-order valence-corrected chi connectivity index (χ4v) is 3.98. The second kappa shape index (κ2) is 4.71. The Labute approximate surface area is 138 Å². The molecule has 0 saturated carbocycles. The Morgan fingerprint density at radius 2 is 1.17 bits per heavy atom. The molecule has 0 heterocycles. The van der Waals surface area contributed by atoms with E-state index in [0.29, 0.717) is 5.92 Å². The molecule has 0 radical (unpaired) electrons. The SMILES string of the molecule is CC(C)c1ccc2ccc3c(C(C)(C)C)ccc4ccc1c2c43. The number of hydrogen-bond acceptors (Lipinski definition) is 0. The maximum Gasteiger partial charge on any atom is -0.00237 e. The van der Waals surface area contributed by atoms with Crippen molar-refractivity contribution in [1.82, 2.24) is 0 Å². The molecule has 0 atom stereocenters. The van der Waals surface area contributed by atoms with Gasteiger partial charge in [-0.25, -0.2) is 0 Å². The lowest BCUT2D eigenvalue weighted by Crippen LogP contribution is -2.11. The minimum absolute atomic E-state index is 0.156. The molecule has 4 aromatic rings. The standard InChI is InChI=1S/C23H24/c1-14(2)17-10-6-15-8-12-19-20(23(3,4)5)13-9-16-7-11-18(17)21(15)22(16)19/h6-14H,1-5H3. The van der Waals surface area contributed by atoms with Gasteiger partial charge in [0.25, 0.3) is 0 Å². The van der Waals surface area contributed by atoms with Gasteiger partial charge in [0.15, 0.2) is 0 Å². The summed E-state index contributed by atoms with van der Waals surface area (Å²) in [5, 5.41) is 8.42. The second-order valence-electron chi connectivity index (χ2n) is 8.10. The average Bonchev–Trinajstić information content (AvgIpc) is 2.50. The zero-order chi connectivity index (χ0) is 16.4. The predicted molar refractivity (Wildman–Crippen MR) is 103 cm³/mol. The van der Waals surface area contributed by atoms with Gasteiger partial charge in [-0.15, -0.1) is 0 Å². The van der Waals surface area contributed by atoms with Crippen molar-refractivity contribution in [3.05, 3.63) is 59.7 Å². The van der Waals surface area contributed by atoms with Crippen LogP contribution in [-0.4, -0.2) is 0 Å². The molecule has 0 fully saturated rings. The first-order valence-corrected chi connectivity index (χ1v) is 8.59. The Bertz CT molecular complexity index is 1010. The Hall–Kier alpha value is -2.08. The summed E-state index contributed by atoms with van der Waals surface area (Å²) in [4.78, 5) is 0. The van der Waals surface area contributed by atoms with E-state index < -0.39 is 0 Å². The Morgan fingerprint density at radius 3 is 1.78 bits per heavy atom. The Morgan fingerprint density at radius 1 is 0.652 bits per heavy atom. The van der Waals surface area contributed by atoms with Gasteiger partial charge >= 0.3 is 0 Å². The van der Waals surface area contributed by atoms with E-state index in [1.165, 1.54) is 43.4 Å². The molecule has 0 spiro atoms. The van der Waals surface area contributed by atoms with Crippen molar-refractivity contribution < 1.29 is 0 Å². The highest BCUT2D eigenvalue weighted by molar-refractivity contribution is 6.24. The van der Waals surface area contributed by atoms with Crippen LogP contribution in [0.25, 0.3) is 32.3 Å². The van der Waals surface area contributed by atoms with Gasteiger partial charge in [0, 0.05) is 0 Å². The fraction of sp³-hybridized carbons (Fsp3) is 0.304. The molecule has 4 rings (SSSR count). The van der Waals surface area contributed by atoms with Crippen LogP contribution >= 0.6 is 0 Å². The summed E-state index contributed by atoms with van der Waals surface area (Å²) < 4.78 is 0. The summed E-state index contributed by atoms with van der Waals surface area (Å²) in [6.45, 7) is 11.5. The molecule has 0 aromatic heterocycles. The van der Waals surface area contributed by atoms with Crippen molar-refractivity contribution in [3.8, 4) is 0 Å². The van der Waals surface area contributed by atoms with Crippen LogP contribution < -0.4 is 0 Å². The van der Waals surface area contributed by atoms with Crippen molar-refractivity contribution >= 4 is 32.3 Å². The summed E-state index contributed by atoms with van der Waals surface area (Å²) in [6, 6.07) is 18.4. The third kappa shape index (κ3) is 2.05. The normalized spacial score (nSPS) is 13.0. The van der Waals surface area contributed by atoms with Crippen molar-refractivity contribution in [3.63, 3.8) is 0 Å². The van der Waals surface area contributed by atoms with Crippen LogP contribution in [0.1, 0.15) is 51.7 Å². The van der Waals surface area contributed by atoms with Gasteiger partial charge in [-0.05, 0) is 54.8 Å². The molecule has 0 saturated heterocycles. The molecule has 4 aromatic carbocycles. The van der Waals surface area contributed by atoms with Crippen LogP contribution in [0, 0.1) is 0 Å². The lowest BCUT2D eigenvalue weighted by atomic mass is 9.80. The number of hydrogen-bond donors (Lipinski definition) is 0. The first kappa shape index (κ1) is 14.5. The maximum absolute atomic E-state index is 2.32. The van der Waals surface area contributed by atoms with Gasteiger partial charge in [0.05, 0.1) is 0 Å². The van der Waals surface area contributed by atoms with E-state index in [1.54, 1.807) is 0 Å². The van der Waals surface area contributed by atoms with Crippen LogP contribution in [0.4, 0.5) is 0 Å². The fourth-order valence-electron chi connectivity index (χ4n) is 3.98. The molecule has 0 nitrogen and oxygen atoms in total. The van der Waals surface area contributed by atoms with Gasteiger partial charge in [-0.3, -0.25) is 0 Å². The summed E-state index contributed by atoms with van der Waals surface area (Å²) in [6.07, 6.45) is 0. The predicted octanol–water partition coefficient (Wildman–Crippen LogP) is 7.00. The lowest BCUT2D eigenvalue weighted by molar-refractivity contribution is 0.596. The largest absolute Gasteiger partial charge is 0.0587 e. The van der Waals surface area contributed by atoms with Crippen LogP contribution in [0.3, 0.4) is 0 Å². The molecule has 0 aliphatic rings. The van der Waals surface area contributed by atoms with Crippen molar-refractivity contribution in [2.24, 2.45) is 0 Å². The topological polar surface area (TPSA) is 0 Å². The molecule has 0 amide bonds. The van der Waals surface area contributed by atoms with E-state index in [9.17, 15) is 0 Å². The van der Waals surface area contributed by atoms with Crippen LogP contribution in [0.15, 0.2) is 48.5 Å². The minimum atomic E-state index is 0.156. The third-order valence-corrected chi connectivity index (χ3v) is 5.13. The molecule has 23 heavy (non-hydrogen) atoms. The van der Waals surface area contributed by atoms with E-state index in [-0.39, 0.29) is 5.41 Å². The van der Waals surface area contributed by atoms with E-state index >= 15 is 0 Å². The molecule has 0 bridgehead atoms. The van der Waals surface area contributed by atoms with E-state index in [4.69, 9.17) is 0 Å². The van der Waals surface area contributed by atoms with E-state index in [2.05, 4.69) is 83.1 Å². The molecular formula is C23H24. The van der Waals surface area contributed by atoms with Gasteiger partial charge in [-0.2, -0.15) is 0 Å². The van der Waals surface area contributed by atoms with E-state index in [0.717, 1.165) is 0 Å². The summed E-state index contributed by atoms with van der Waals surface area (Å²) in [5.41, 5.74) is 3.05. The van der Waals surface area contributed by atoms with Gasteiger partial charge in [-0.1, -0.05) is 83.1 Å². The molecule has 0 aliphatic carbocycles. The van der Waals surface area contributed by atoms with Gasteiger partial charge in [0.1, 0.15) is 0 Å². The van der Waals surface area contributed by atoms with Crippen molar-refractivity contribution in [2.45, 2.75) is 46.0 Å². The second-order valence-corrected chi connectivity index (χ2v) is 8.10. The minimum Gasteiger partial charge on any atom is -0.0587 e. The summed E-state index contributed by atoms with van der Waals surface area (Å²) >= 11 is 0. The Balaban J connectivity index is 2.27. The highest BCUT2D eigenvalue weighted by Gasteiger charge is 2.20. The monoisotopic (exact) mass is 300 g/mol. The summed E-state index contributed by atoms with van der Waals surface area (Å²) in [7, 11) is 0. The first-order valence-electron chi connectivity index (χ1n) is 8.59. The smallest absolute Gasteiger partial charge is 0.00237 e. The molecular weight excluding hydrogens is 276 g/mol. The zero-order valence-electron chi connectivity index (χ0n) is 14.7. The molecule has 0 heteroatoms. The van der Waals surface area contributed by atoms with Crippen LogP contribution in [-0.2, 0) is 5.41 Å². The quantitative estimate of drug-likeness (QED) is 0.332. The van der Waals surface area contributed by atoms with Gasteiger partial charge < -0.3 is 0 Å². The maximum atomic E-state index is 2.32. The van der Waals surface area contributed by atoms with Crippen LogP contribution in [0.5, 0.6) is 0 Å². The average molecular weight is 300 g/mol. The highest BCUT2D eigenvalue weighted by atomic mass is 14.2. The first-order chi connectivity index (χ1) is 10.9. The van der Waals surface area contributed by atoms with Crippen LogP contribution in [0.2, 0.25) is 0 Å². The molecule has 0 aliphatic heterocycles. The third-order valence-electron chi connectivity index (χ3n) is 5.13. The highest BCUT2D eigenvalue weighted by Crippen LogP contribution is 2.41. The zero-order valence-corrected chi connectivity index (χ0v) is 14.7. The lowest BCUT2D eigenvalue weighted by Gasteiger charge is -2.24. The summed E-state index contributed by atoms with van der Waals surface area (Å²) in [5.74, 6) is 0.543. The molecule has 0 N–H and O–H groups in total. The molecule has 116 valence electrons. The van der Waals surface area contributed by atoms with Gasteiger partial charge in [0.2, 0.25) is 0 Å². The van der Waals surface area contributed by atoms with E-state index in [1.807, 2.05) is 0 Å². The van der Waals surface area contributed by atoms with Crippen molar-refractivity contribution in [1.29, 1.82) is 0 Å². The molecule has 0 unspecified atom stereocenters. The Kier molecular flexibility index (Phi) is 2.97. The van der Waals surface area contributed by atoms with Crippen molar-refractivity contribution in [2.75, 3.05) is 0 Å². The number of benzene rings is 4.